The molecule has 68 valence electrons. The summed E-state index contributed by atoms with van der Waals surface area (Å²) in [6.07, 6.45) is 0.678. The molecule has 0 unspecified atom stereocenters. The molecule has 2 nitrogen and oxygen atoms in total. The van der Waals surface area contributed by atoms with E-state index in [0.29, 0.717) is 21.9 Å². The lowest BCUT2D eigenvalue weighted by Gasteiger charge is -1.95. The van der Waals surface area contributed by atoms with Crippen LogP contribution in [-0.4, -0.2) is 6.29 Å². The quantitative estimate of drug-likeness (QED) is 0.671. The largest absolute Gasteiger partial charge is 0.298 e. The van der Waals surface area contributed by atoms with E-state index in [9.17, 15) is 9.18 Å². The molecule has 4 heteroatoms. The standard InChI is InChI=1S/C10H4FNOS/c11-8-1-6(3-12)10-7(4-13)5-14-9(10)2-8/h1-2,4-5H. The molecule has 0 aliphatic rings. The number of fused-ring (bicyclic) bond motifs is 1. The van der Waals surface area contributed by atoms with Crippen molar-refractivity contribution in [2.45, 2.75) is 0 Å². The molecule has 0 saturated heterocycles. The van der Waals surface area contributed by atoms with Gasteiger partial charge in [0.2, 0.25) is 0 Å². The van der Waals surface area contributed by atoms with Crippen molar-refractivity contribution in [1.82, 2.24) is 0 Å². The monoisotopic (exact) mass is 205 g/mol. The van der Waals surface area contributed by atoms with Crippen molar-refractivity contribution in [2.24, 2.45) is 0 Å². The van der Waals surface area contributed by atoms with E-state index in [2.05, 4.69) is 0 Å². The van der Waals surface area contributed by atoms with Crippen LogP contribution >= 0.6 is 11.3 Å². The van der Waals surface area contributed by atoms with Gasteiger partial charge < -0.3 is 0 Å². The molecular weight excluding hydrogens is 201 g/mol. The summed E-state index contributed by atoms with van der Waals surface area (Å²) in [5, 5.41) is 10.9. The van der Waals surface area contributed by atoms with E-state index in [1.54, 1.807) is 5.38 Å². The summed E-state index contributed by atoms with van der Waals surface area (Å²) >= 11 is 1.26. The zero-order valence-corrected chi connectivity index (χ0v) is 7.77. The average Bonchev–Trinajstić information content (AvgIpc) is 2.59. The number of nitrogens with zero attached hydrogens (tertiary/aromatic N) is 1. The van der Waals surface area contributed by atoms with Gasteiger partial charge in [0.15, 0.2) is 6.29 Å². The van der Waals surface area contributed by atoms with E-state index in [-0.39, 0.29) is 5.56 Å². The highest BCUT2D eigenvalue weighted by molar-refractivity contribution is 7.17. The van der Waals surface area contributed by atoms with Crippen LogP contribution in [0.15, 0.2) is 17.5 Å². The van der Waals surface area contributed by atoms with Crippen LogP contribution in [0.5, 0.6) is 0 Å². The molecule has 1 aromatic carbocycles. The zero-order valence-electron chi connectivity index (χ0n) is 6.95. The number of carbonyl (C=O) groups is 1. The van der Waals surface area contributed by atoms with Crippen molar-refractivity contribution in [2.75, 3.05) is 0 Å². The third kappa shape index (κ3) is 1.19. The first-order valence-corrected chi connectivity index (χ1v) is 4.70. The first-order chi connectivity index (χ1) is 6.76. The van der Waals surface area contributed by atoms with Crippen molar-refractivity contribution < 1.29 is 9.18 Å². The summed E-state index contributed by atoms with van der Waals surface area (Å²) < 4.78 is 13.6. The van der Waals surface area contributed by atoms with Crippen LogP contribution < -0.4 is 0 Å². The molecule has 0 fully saturated rings. The molecule has 0 aliphatic carbocycles. The fourth-order valence-corrected chi connectivity index (χ4v) is 2.29. The number of hydrogen-bond acceptors (Lipinski definition) is 3. The van der Waals surface area contributed by atoms with Gasteiger partial charge in [0.1, 0.15) is 5.82 Å². The minimum Gasteiger partial charge on any atom is -0.298 e. The molecule has 0 saturated carbocycles. The molecule has 0 atom stereocenters. The topological polar surface area (TPSA) is 40.9 Å². The average molecular weight is 205 g/mol. The van der Waals surface area contributed by atoms with Gasteiger partial charge in [-0.2, -0.15) is 5.26 Å². The van der Waals surface area contributed by atoms with E-state index >= 15 is 0 Å². The Balaban J connectivity index is 2.94. The predicted octanol–water partition coefficient (Wildman–Crippen LogP) is 2.72. The van der Waals surface area contributed by atoms with Crippen LogP contribution in [0.2, 0.25) is 0 Å². The van der Waals surface area contributed by atoms with Gasteiger partial charge in [-0.15, -0.1) is 11.3 Å². The fourth-order valence-electron chi connectivity index (χ4n) is 1.33. The molecule has 0 aliphatic heterocycles. The second-order valence-electron chi connectivity index (χ2n) is 2.75. The van der Waals surface area contributed by atoms with E-state index in [1.165, 1.54) is 17.4 Å². The van der Waals surface area contributed by atoms with Crippen LogP contribution in [0.3, 0.4) is 0 Å². The van der Waals surface area contributed by atoms with Crippen molar-refractivity contribution in [3.05, 3.63) is 34.5 Å². The van der Waals surface area contributed by atoms with Crippen LogP contribution in [0.4, 0.5) is 4.39 Å². The lowest BCUT2D eigenvalue weighted by Crippen LogP contribution is -1.83. The number of thiophene rings is 1. The second-order valence-corrected chi connectivity index (χ2v) is 3.66. The van der Waals surface area contributed by atoms with Gasteiger partial charge in [0, 0.05) is 21.0 Å². The number of rotatable bonds is 1. The van der Waals surface area contributed by atoms with Gasteiger partial charge in [0.25, 0.3) is 0 Å². The fraction of sp³-hybridized carbons (Fsp3) is 0. The van der Waals surface area contributed by atoms with Crippen molar-refractivity contribution in [1.29, 1.82) is 5.26 Å². The lowest BCUT2D eigenvalue weighted by molar-refractivity contribution is 0.112. The molecule has 0 amide bonds. The number of nitriles is 1. The van der Waals surface area contributed by atoms with E-state index in [4.69, 9.17) is 5.26 Å². The highest BCUT2D eigenvalue weighted by atomic mass is 32.1. The first-order valence-electron chi connectivity index (χ1n) is 3.82. The summed E-state index contributed by atoms with van der Waals surface area (Å²) in [6, 6.07) is 4.35. The molecule has 14 heavy (non-hydrogen) atoms. The molecule has 0 spiro atoms. The third-order valence-electron chi connectivity index (χ3n) is 1.92. The number of carbonyl (C=O) groups excluding carboxylic acids is 1. The Morgan fingerprint density at radius 3 is 2.93 bits per heavy atom. The molecule has 1 heterocycles. The van der Waals surface area contributed by atoms with Gasteiger partial charge >= 0.3 is 0 Å². The third-order valence-corrected chi connectivity index (χ3v) is 2.86. The number of benzene rings is 1. The molecule has 0 radical (unpaired) electrons. The lowest BCUT2D eigenvalue weighted by atomic mass is 10.1. The number of hydrogen-bond donors (Lipinski definition) is 0. The van der Waals surface area contributed by atoms with Crippen molar-refractivity contribution in [3.63, 3.8) is 0 Å². The van der Waals surface area contributed by atoms with Gasteiger partial charge in [-0.1, -0.05) is 0 Å². The molecule has 0 N–H and O–H groups in total. The zero-order chi connectivity index (χ0) is 10.1. The van der Waals surface area contributed by atoms with Crippen LogP contribution in [0.25, 0.3) is 10.1 Å². The molecule has 2 aromatic rings. The van der Waals surface area contributed by atoms with E-state index < -0.39 is 5.82 Å². The molecule has 2 rings (SSSR count). The van der Waals surface area contributed by atoms with Gasteiger partial charge in [-0.05, 0) is 12.1 Å². The summed E-state index contributed by atoms with van der Waals surface area (Å²) in [7, 11) is 0. The smallest absolute Gasteiger partial charge is 0.151 e. The maximum absolute atomic E-state index is 13.0. The van der Waals surface area contributed by atoms with Gasteiger partial charge in [-0.25, -0.2) is 4.39 Å². The van der Waals surface area contributed by atoms with Crippen LogP contribution in [-0.2, 0) is 0 Å². The van der Waals surface area contributed by atoms with E-state index in [0.717, 1.165) is 6.07 Å². The summed E-state index contributed by atoms with van der Waals surface area (Å²) in [5.41, 5.74) is 0.657. The maximum atomic E-state index is 13.0. The maximum Gasteiger partial charge on any atom is 0.151 e. The summed E-state index contributed by atoms with van der Waals surface area (Å²) in [5.74, 6) is -0.451. The highest BCUT2D eigenvalue weighted by Gasteiger charge is 2.09. The minimum absolute atomic E-state index is 0.211. The normalized spacial score (nSPS) is 10.0. The minimum atomic E-state index is -0.451. The first kappa shape index (κ1) is 8.85. The Labute approximate surface area is 83.2 Å². The predicted molar refractivity (Wildman–Crippen MR) is 51.9 cm³/mol. The SMILES string of the molecule is N#Cc1cc(F)cc2scc(C=O)c12. The van der Waals surface area contributed by atoms with Crippen LogP contribution in [0.1, 0.15) is 15.9 Å². The summed E-state index contributed by atoms with van der Waals surface area (Å²) in [6.45, 7) is 0. The Morgan fingerprint density at radius 1 is 1.50 bits per heavy atom. The molecular formula is C10H4FNOS. The van der Waals surface area contributed by atoms with Gasteiger partial charge in [0.05, 0.1) is 11.6 Å². The summed E-state index contributed by atoms with van der Waals surface area (Å²) in [4.78, 5) is 10.6. The van der Waals surface area contributed by atoms with Crippen molar-refractivity contribution >= 4 is 27.7 Å². The second kappa shape index (κ2) is 3.20. The highest BCUT2D eigenvalue weighted by Crippen LogP contribution is 2.28. The van der Waals surface area contributed by atoms with Crippen LogP contribution in [0, 0.1) is 17.1 Å². The van der Waals surface area contributed by atoms with Gasteiger partial charge in [-0.3, -0.25) is 4.79 Å². The van der Waals surface area contributed by atoms with Crippen molar-refractivity contribution in [3.8, 4) is 6.07 Å². The Bertz CT molecular complexity index is 553. The molecule has 1 aromatic heterocycles. The Morgan fingerprint density at radius 2 is 2.29 bits per heavy atom. The number of halogens is 1. The Hall–Kier alpha value is -1.73. The Kier molecular flexibility index (Phi) is 2.02. The molecule has 0 bridgehead atoms. The number of aldehydes is 1. The van der Waals surface area contributed by atoms with E-state index in [1.807, 2.05) is 6.07 Å².